The number of nitrogens with one attached hydrogen (secondary N) is 3. The molecule has 44 heavy (non-hydrogen) atoms. The number of hydrogen-bond acceptors (Lipinski definition) is 7. The van der Waals surface area contributed by atoms with E-state index >= 15 is 0 Å². The van der Waals surface area contributed by atoms with Crippen LogP contribution < -0.4 is 10.6 Å². The molecule has 246 valence electrons. The van der Waals surface area contributed by atoms with Crippen molar-refractivity contribution in [1.82, 2.24) is 20.6 Å². The molecule has 0 saturated heterocycles. The molecule has 3 rings (SSSR count). The fourth-order valence-electron chi connectivity index (χ4n) is 5.73. The number of rotatable bonds is 15. The Hall–Kier alpha value is -2.76. The molecule has 0 bridgehead atoms. The molecule has 0 radical (unpaired) electrons. The molecule has 0 unspecified atom stereocenters. The Bertz CT molecular complexity index is 1270. The topological polar surface area (TPSA) is 161 Å². The lowest BCUT2D eigenvalue weighted by atomic mass is 9.82. The maximum atomic E-state index is 13.9. The minimum absolute atomic E-state index is 0.0597. The molecule has 10 nitrogen and oxygen atoms in total. The second-order valence-electron chi connectivity index (χ2n) is 13.7. The Morgan fingerprint density at radius 3 is 2.20 bits per heavy atom. The van der Waals surface area contributed by atoms with Gasteiger partial charge in [-0.05, 0) is 51.0 Å². The van der Waals surface area contributed by atoms with Crippen molar-refractivity contribution in [1.29, 1.82) is 0 Å². The average Bonchev–Trinajstić information content (AvgIpc) is 3.49. The summed E-state index contributed by atoms with van der Waals surface area (Å²) in [6.07, 6.45) is 6.97. The Labute approximate surface area is 262 Å². The lowest BCUT2D eigenvalue weighted by molar-refractivity contribution is -0.132. The molecule has 1 saturated carbocycles. The number of carbonyl (C=O) groups is 2. The molecule has 1 aromatic carbocycles. The molecule has 5 atom stereocenters. The van der Waals surface area contributed by atoms with Crippen molar-refractivity contribution >= 4 is 21.7 Å². The highest BCUT2D eigenvalue weighted by atomic mass is 32.2. The highest BCUT2D eigenvalue weighted by molar-refractivity contribution is 7.92. The molecule has 11 heteroatoms. The standard InChI is InChI=1S/C33H52N4O6S/c1-22(2)29(38)30(39)27(17-24-14-10-7-11-15-24)36-32(41)28(18-26-19-34-21-35-26)37-31(40)25(16-23-12-8-6-9-13-23)20-44(42,43)33(3,4)5/h6,8-9,12-13,19,21-22,24-25,27-30,38-39H,7,10-11,14-18,20H2,1-5H3,(H,34,35)(H,36,41)(H,37,40)/t25-,27+,28+,29+,30-/m1/s1. The van der Waals surface area contributed by atoms with Crippen LogP contribution in [0.1, 0.15) is 84.4 Å². The van der Waals surface area contributed by atoms with Gasteiger partial charge in [0.2, 0.25) is 11.8 Å². The third-order valence-electron chi connectivity index (χ3n) is 8.74. The number of nitrogens with zero attached hydrogens (tertiary/aromatic N) is 1. The number of hydrogen-bond donors (Lipinski definition) is 5. The fraction of sp³-hybridized carbons (Fsp3) is 0.667. The molecule has 1 aliphatic carbocycles. The van der Waals surface area contributed by atoms with Gasteiger partial charge in [-0.25, -0.2) is 13.4 Å². The number of benzene rings is 1. The van der Waals surface area contributed by atoms with Gasteiger partial charge in [-0.15, -0.1) is 0 Å². The van der Waals surface area contributed by atoms with Gasteiger partial charge < -0.3 is 25.8 Å². The van der Waals surface area contributed by atoms with E-state index in [1.54, 1.807) is 27.0 Å². The SMILES string of the molecule is CC(C)[C@H](O)[C@H](O)[C@H](CC1CCCCC1)NC(=O)[C@H](Cc1c[nH]cn1)NC(=O)[C@H](Cc1ccccc1)CS(=O)(=O)C(C)(C)C. The van der Waals surface area contributed by atoms with Crippen LogP contribution in [0.3, 0.4) is 0 Å². The molecule has 5 N–H and O–H groups in total. The van der Waals surface area contributed by atoms with E-state index in [4.69, 9.17) is 0 Å². The van der Waals surface area contributed by atoms with E-state index in [9.17, 15) is 28.2 Å². The minimum Gasteiger partial charge on any atom is -0.390 e. The maximum Gasteiger partial charge on any atom is 0.243 e. The normalized spacial score (nSPS) is 18.3. The van der Waals surface area contributed by atoms with Crippen LogP contribution in [0.4, 0.5) is 0 Å². The van der Waals surface area contributed by atoms with Crippen molar-refractivity contribution in [3.8, 4) is 0 Å². The third kappa shape index (κ3) is 10.4. The summed E-state index contributed by atoms with van der Waals surface area (Å²) in [6.45, 7) is 8.45. The Balaban J connectivity index is 1.88. The highest BCUT2D eigenvalue weighted by Crippen LogP contribution is 2.29. The van der Waals surface area contributed by atoms with Gasteiger partial charge in [-0.1, -0.05) is 76.3 Å². The zero-order valence-electron chi connectivity index (χ0n) is 26.8. The number of imidazole rings is 1. The van der Waals surface area contributed by atoms with Crippen LogP contribution >= 0.6 is 0 Å². The van der Waals surface area contributed by atoms with Gasteiger partial charge in [0.05, 0.1) is 40.6 Å². The monoisotopic (exact) mass is 632 g/mol. The van der Waals surface area contributed by atoms with E-state index < -0.39 is 56.6 Å². The summed E-state index contributed by atoms with van der Waals surface area (Å²) in [5.41, 5.74) is 1.35. The largest absolute Gasteiger partial charge is 0.390 e. The zero-order chi connectivity index (χ0) is 32.5. The maximum absolute atomic E-state index is 13.9. The molecule has 1 aliphatic rings. The van der Waals surface area contributed by atoms with Gasteiger partial charge in [0.1, 0.15) is 12.1 Å². The molecular weight excluding hydrogens is 580 g/mol. The number of amides is 2. The predicted octanol–water partition coefficient (Wildman–Crippen LogP) is 3.34. The number of H-pyrrole nitrogens is 1. The number of aromatic amines is 1. The molecular formula is C33H52N4O6S. The number of carbonyl (C=O) groups excluding carboxylic acids is 2. The van der Waals surface area contributed by atoms with Crippen LogP contribution in [-0.2, 0) is 32.3 Å². The fourth-order valence-corrected chi connectivity index (χ4v) is 7.03. The smallest absolute Gasteiger partial charge is 0.243 e. The van der Waals surface area contributed by atoms with Crippen molar-refractivity contribution in [2.75, 3.05) is 5.75 Å². The number of aliphatic hydroxyl groups is 2. The van der Waals surface area contributed by atoms with Crippen molar-refractivity contribution in [3.63, 3.8) is 0 Å². The molecule has 2 amide bonds. The van der Waals surface area contributed by atoms with Crippen LogP contribution in [0, 0.1) is 17.8 Å². The predicted molar refractivity (Wildman–Crippen MR) is 171 cm³/mol. The summed E-state index contributed by atoms with van der Waals surface area (Å²) in [6, 6.07) is 7.40. The lowest BCUT2D eigenvalue weighted by Gasteiger charge is -2.34. The summed E-state index contributed by atoms with van der Waals surface area (Å²) < 4.78 is 25.4. The quantitative estimate of drug-likeness (QED) is 0.201. The van der Waals surface area contributed by atoms with Gasteiger partial charge in [-0.2, -0.15) is 0 Å². The highest BCUT2D eigenvalue weighted by Gasteiger charge is 2.37. The van der Waals surface area contributed by atoms with Crippen molar-refractivity contribution < 1.29 is 28.2 Å². The number of aliphatic hydroxyl groups excluding tert-OH is 2. The van der Waals surface area contributed by atoms with Crippen molar-refractivity contribution in [2.24, 2.45) is 17.8 Å². The zero-order valence-corrected chi connectivity index (χ0v) is 27.6. The van der Waals surface area contributed by atoms with Crippen LogP contribution in [0.25, 0.3) is 0 Å². The average molecular weight is 633 g/mol. The molecule has 1 fully saturated rings. The first-order chi connectivity index (χ1) is 20.7. The van der Waals surface area contributed by atoms with Crippen LogP contribution in [0.15, 0.2) is 42.9 Å². The summed E-state index contributed by atoms with van der Waals surface area (Å²) in [4.78, 5) is 34.9. The Morgan fingerprint density at radius 2 is 1.64 bits per heavy atom. The van der Waals surface area contributed by atoms with Crippen LogP contribution in [-0.4, -0.2) is 75.2 Å². The molecule has 1 aromatic heterocycles. The van der Waals surface area contributed by atoms with Gasteiger partial charge in [0.25, 0.3) is 0 Å². The molecule has 0 spiro atoms. The van der Waals surface area contributed by atoms with E-state index in [1.165, 1.54) is 6.33 Å². The number of aromatic nitrogens is 2. The first-order valence-electron chi connectivity index (χ1n) is 15.9. The van der Waals surface area contributed by atoms with E-state index in [-0.39, 0.29) is 24.5 Å². The van der Waals surface area contributed by atoms with E-state index in [0.29, 0.717) is 18.0 Å². The Morgan fingerprint density at radius 1 is 0.977 bits per heavy atom. The first-order valence-corrected chi connectivity index (χ1v) is 17.5. The second kappa shape index (κ2) is 16.0. The van der Waals surface area contributed by atoms with Crippen molar-refractivity contribution in [2.45, 2.75) is 115 Å². The minimum atomic E-state index is -3.67. The van der Waals surface area contributed by atoms with Crippen molar-refractivity contribution in [3.05, 3.63) is 54.1 Å². The van der Waals surface area contributed by atoms with E-state index in [0.717, 1.165) is 37.7 Å². The third-order valence-corrected chi connectivity index (χ3v) is 11.4. The second-order valence-corrected chi connectivity index (χ2v) is 16.5. The van der Waals surface area contributed by atoms with Crippen LogP contribution in [0.5, 0.6) is 0 Å². The Kier molecular flexibility index (Phi) is 13.0. The molecule has 1 heterocycles. The summed E-state index contributed by atoms with van der Waals surface area (Å²) in [5, 5.41) is 27.7. The van der Waals surface area contributed by atoms with Gasteiger partial charge in [0.15, 0.2) is 9.84 Å². The summed E-state index contributed by atoms with van der Waals surface area (Å²) >= 11 is 0. The van der Waals surface area contributed by atoms with Gasteiger partial charge >= 0.3 is 0 Å². The van der Waals surface area contributed by atoms with E-state index in [1.807, 2.05) is 44.2 Å². The number of sulfone groups is 1. The summed E-state index contributed by atoms with van der Waals surface area (Å²) in [7, 11) is -3.67. The summed E-state index contributed by atoms with van der Waals surface area (Å²) in [5.74, 6) is -2.31. The molecule has 0 aliphatic heterocycles. The van der Waals surface area contributed by atoms with Gasteiger partial charge in [0, 0.05) is 12.6 Å². The van der Waals surface area contributed by atoms with E-state index in [2.05, 4.69) is 20.6 Å². The molecule has 2 aromatic rings. The lowest BCUT2D eigenvalue weighted by Crippen LogP contribution is -2.57. The first kappa shape index (κ1) is 35.7. The van der Waals surface area contributed by atoms with Crippen LogP contribution in [0.2, 0.25) is 0 Å². The van der Waals surface area contributed by atoms with Gasteiger partial charge in [-0.3, -0.25) is 9.59 Å².